The lowest BCUT2D eigenvalue weighted by Gasteiger charge is -2.15. The summed E-state index contributed by atoms with van der Waals surface area (Å²) >= 11 is 1.56. The maximum absolute atomic E-state index is 13.1. The van der Waals surface area contributed by atoms with Crippen molar-refractivity contribution in [2.45, 2.75) is 12.5 Å². The van der Waals surface area contributed by atoms with E-state index < -0.39 is 18.0 Å². The van der Waals surface area contributed by atoms with Crippen LogP contribution in [0.4, 0.5) is 0 Å². The number of thioether (sulfide) groups is 1. The van der Waals surface area contributed by atoms with Gasteiger partial charge >= 0.3 is 11.9 Å². The average molecular weight is 533 g/mol. The van der Waals surface area contributed by atoms with Crippen molar-refractivity contribution >= 4 is 34.5 Å². The lowest BCUT2D eigenvalue weighted by molar-refractivity contribution is 0.0719. The molecule has 0 spiro atoms. The van der Waals surface area contributed by atoms with Crippen LogP contribution in [0.1, 0.15) is 26.3 Å². The Bertz CT molecular complexity index is 1450. The molecule has 0 aromatic heterocycles. The molecule has 0 radical (unpaired) electrons. The third kappa shape index (κ3) is 6.10. The standard InChI is InChI=1S/C30H28O7S/c1-34-25-10-6-4-8-22(25)29(32)36-27-14-15-28(37-30(33)23-9-5-7-11-26(23)35-2)24-17-19(12-13-21(24)27)16-20(31)18-38-3/h4-15,17,20,31H,16,18H2,1-3H3. The van der Waals surface area contributed by atoms with Gasteiger partial charge in [0, 0.05) is 16.5 Å². The molecular weight excluding hydrogens is 504 g/mol. The van der Waals surface area contributed by atoms with Gasteiger partial charge in [0.15, 0.2) is 0 Å². The van der Waals surface area contributed by atoms with Gasteiger partial charge in [-0.15, -0.1) is 0 Å². The topological polar surface area (TPSA) is 91.3 Å². The SMILES string of the molecule is COc1ccccc1C(=O)Oc1ccc(OC(=O)c2ccccc2OC)c2cc(CC(O)CSC)ccc12. The largest absolute Gasteiger partial charge is 0.496 e. The zero-order chi connectivity index (χ0) is 27.1. The Morgan fingerprint density at radius 1 is 0.737 bits per heavy atom. The van der Waals surface area contributed by atoms with Crippen LogP contribution >= 0.6 is 11.8 Å². The maximum atomic E-state index is 13.1. The fraction of sp³-hybridized carbons (Fsp3) is 0.200. The molecule has 1 unspecified atom stereocenters. The van der Waals surface area contributed by atoms with Crippen molar-refractivity contribution in [3.63, 3.8) is 0 Å². The number of aliphatic hydroxyl groups excluding tert-OH is 1. The summed E-state index contributed by atoms with van der Waals surface area (Å²) in [6.07, 6.45) is 1.82. The van der Waals surface area contributed by atoms with E-state index in [-0.39, 0.29) is 16.9 Å². The molecule has 1 N–H and O–H groups in total. The summed E-state index contributed by atoms with van der Waals surface area (Å²) in [5, 5.41) is 11.5. The number of benzene rings is 4. The highest BCUT2D eigenvalue weighted by molar-refractivity contribution is 7.98. The first kappa shape index (κ1) is 27.0. The maximum Gasteiger partial charge on any atom is 0.347 e. The minimum atomic E-state index is -0.588. The third-order valence-electron chi connectivity index (χ3n) is 5.89. The molecule has 0 aliphatic carbocycles. The van der Waals surface area contributed by atoms with E-state index in [2.05, 4.69) is 0 Å². The Hall–Kier alpha value is -4.01. The van der Waals surface area contributed by atoms with Crippen molar-refractivity contribution in [3.05, 3.63) is 95.6 Å². The van der Waals surface area contributed by atoms with Gasteiger partial charge < -0.3 is 24.1 Å². The van der Waals surface area contributed by atoms with Crippen LogP contribution in [-0.2, 0) is 6.42 Å². The van der Waals surface area contributed by atoms with Gasteiger partial charge in [-0.05, 0) is 60.7 Å². The summed E-state index contributed by atoms with van der Waals surface area (Å²) in [7, 11) is 2.97. The summed E-state index contributed by atoms with van der Waals surface area (Å²) in [5.74, 6) is 0.791. The van der Waals surface area contributed by atoms with Gasteiger partial charge in [-0.1, -0.05) is 36.4 Å². The molecule has 196 valence electrons. The van der Waals surface area contributed by atoms with Gasteiger partial charge in [-0.3, -0.25) is 0 Å². The normalized spacial score (nSPS) is 11.6. The predicted octanol–water partition coefficient (Wildman–Crippen LogP) is 5.56. The smallest absolute Gasteiger partial charge is 0.347 e. The van der Waals surface area contributed by atoms with Crippen LogP contribution in [-0.4, -0.2) is 49.4 Å². The summed E-state index contributed by atoms with van der Waals surface area (Å²) in [5.41, 5.74) is 1.41. The summed E-state index contributed by atoms with van der Waals surface area (Å²) in [4.78, 5) is 26.1. The van der Waals surface area contributed by atoms with Crippen LogP contribution in [0.15, 0.2) is 78.9 Å². The number of aliphatic hydroxyl groups is 1. The fourth-order valence-electron chi connectivity index (χ4n) is 4.11. The number of fused-ring (bicyclic) bond motifs is 1. The molecule has 0 bridgehead atoms. The van der Waals surface area contributed by atoms with Crippen LogP contribution in [0.3, 0.4) is 0 Å². The molecule has 0 saturated heterocycles. The molecule has 0 fully saturated rings. The number of hydrogen-bond donors (Lipinski definition) is 1. The Morgan fingerprint density at radius 3 is 1.79 bits per heavy atom. The highest BCUT2D eigenvalue weighted by Gasteiger charge is 2.20. The van der Waals surface area contributed by atoms with E-state index in [9.17, 15) is 14.7 Å². The predicted molar refractivity (Wildman–Crippen MR) is 148 cm³/mol. The summed E-state index contributed by atoms with van der Waals surface area (Å²) < 4.78 is 22.2. The van der Waals surface area contributed by atoms with E-state index in [1.165, 1.54) is 14.2 Å². The highest BCUT2D eigenvalue weighted by Crippen LogP contribution is 2.36. The van der Waals surface area contributed by atoms with Crippen molar-refractivity contribution in [1.82, 2.24) is 0 Å². The van der Waals surface area contributed by atoms with Crippen LogP contribution < -0.4 is 18.9 Å². The second kappa shape index (κ2) is 12.5. The van der Waals surface area contributed by atoms with Crippen molar-refractivity contribution in [2.75, 3.05) is 26.2 Å². The summed E-state index contributed by atoms with van der Waals surface area (Å²) in [6, 6.07) is 22.3. The molecule has 7 nitrogen and oxygen atoms in total. The molecule has 38 heavy (non-hydrogen) atoms. The highest BCUT2D eigenvalue weighted by atomic mass is 32.2. The molecular formula is C30H28O7S. The number of carbonyl (C=O) groups is 2. The number of para-hydroxylation sites is 2. The Balaban J connectivity index is 1.73. The molecule has 8 heteroatoms. The van der Waals surface area contributed by atoms with Crippen molar-refractivity contribution in [1.29, 1.82) is 0 Å². The number of ether oxygens (including phenoxy) is 4. The first-order valence-corrected chi connectivity index (χ1v) is 13.3. The van der Waals surface area contributed by atoms with E-state index >= 15 is 0 Å². The van der Waals surface area contributed by atoms with Crippen LogP contribution in [0.25, 0.3) is 10.8 Å². The third-order valence-corrected chi connectivity index (χ3v) is 6.61. The van der Waals surface area contributed by atoms with E-state index in [4.69, 9.17) is 18.9 Å². The zero-order valence-electron chi connectivity index (χ0n) is 21.3. The van der Waals surface area contributed by atoms with Gasteiger partial charge in [-0.2, -0.15) is 11.8 Å². The summed E-state index contributed by atoms with van der Waals surface area (Å²) in [6.45, 7) is 0. The van der Waals surface area contributed by atoms with Gasteiger partial charge in [-0.25, -0.2) is 9.59 Å². The molecule has 0 saturated carbocycles. The van der Waals surface area contributed by atoms with Gasteiger partial charge in [0.25, 0.3) is 0 Å². The van der Waals surface area contributed by atoms with Crippen LogP contribution in [0, 0.1) is 0 Å². The molecule has 4 rings (SSSR count). The average Bonchev–Trinajstić information content (AvgIpc) is 2.94. The van der Waals surface area contributed by atoms with E-state index in [0.717, 1.165) is 5.56 Å². The number of rotatable bonds is 10. The number of esters is 2. The second-order valence-corrected chi connectivity index (χ2v) is 9.35. The van der Waals surface area contributed by atoms with Crippen molar-refractivity contribution < 1.29 is 33.6 Å². The quantitative estimate of drug-likeness (QED) is 0.210. The lowest BCUT2D eigenvalue weighted by Crippen LogP contribution is -2.14. The molecule has 4 aromatic rings. The van der Waals surface area contributed by atoms with Crippen LogP contribution in [0.2, 0.25) is 0 Å². The minimum Gasteiger partial charge on any atom is -0.496 e. The number of methoxy groups -OCH3 is 2. The fourth-order valence-corrected chi connectivity index (χ4v) is 4.61. The van der Waals surface area contributed by atoms with E-state index in [1.807, 2.05) is 18.4 Å². The van der Waals surface area contributed by atoms with Gasteiger partial charge in [0.05, 0.1) is 20.3 Å². The number of hydrogen-bond acceptors (Lipinski definition) is 8. The van der Waals surface area contributed by atoms with E-state index in [0.29, 0.717) is 40.2 Å². The number of carbonyl (C=O) groups excluding carboxylic acids is 2. The molecule has 4 aromatic carbocycles. The van der Waals surface area contributed by atoms with Crippen molar-refractivity contribution in [3.8, 4) is 23.0 Å². The second-order valence-electron chi connectivity index (χ2n) is 8.43. The lowest BCUT2D eigenvalue weighted by atomic mass is 10.0. The zero-order valence-corrected chi connectivity index (χ0v) is 22.1. The molecule has 0 heterocycles. The molecule has 1 atom stereocenters. The molecule has 0 amide bonds. The Kier molecular flexibility index (Phi) is 8.89. The minimum absolute atomic E-state index is 0.279. The van der Waals surface area contributed by atoms with Gasteiger partial charge in [0.2, 0.25) is 0 Å². The molecule has 0 aliphatic rings. The first-order valence-electron chi connectivity index (χ1n) is 11.9. The van der Waals surface area contributed by atoms with E-state index in [1.54, 1.807) is 78.5 Å². The Labute approximate surface area is 225 Å². The first-order chi connectivity index (χ1) is 18.4. The van der Waals surface area contributed by atoms with Crippen molar-refractivity contribution in [2.24, 2.45) is 0 Å². The monoisotopic (exact) mass is 532 g/mol. The Morgan fingerprint density at radius 2 is 1.26 bits per heavy atom. The van der Waals surface area contributed by atoms with Gasteiger partial charge in [0.1, 0.15) is 34.1 Å². The molecule has 0 aliphatic heterocycles. The van der Waals surface area contributed by atoms with Crippen LogP contribution in [0.5, 0.6) is 23.0 Å².